The molecule has 1 amide bonds. The van der Waals surface area contributed by atoms with Gasteiger partial charge in [-0.1, -0.05) is 61.6 Å². The molecule has 0 aliphatic heterocycles. The number of nitrogens with zero attached hydrogens (tertiary/aromatic N) is 1. The van der Waals surface area contributed by atoms with Crippen LogP contribution in [0.3, 0.4) is 0 Å². The van der Waals surface area contributed by atoms with Crippen molar-refractivity contribution in [1.82, 2.24) is 4.90 Å². The Morgan fingerprint density at radius 2 is 1.82 bits per heavy atom. The van der Waals surface area contributed by atoms with Crippen molar-refractivity contribution in [3.63, 3.8) is 0 Å². The van der Waals surface area contributed by atoms with E-state index < -0.39 is 0 Å². The first kappa shape index (κ1) is 14.3. The van der Waals surface area contributed by atoms with Crippen LogP contribution in [-0.4, -0.2) is 33.5 Å². The second kappa shape index (κ2) is 3.95. The predicted molar refractivity (Wildman–Crippen MR) is 80.9 cm³/mol. The Kier molecular flexibility index (Phi) is 3.33. The molecule has 0 radical (unpaired) electrons. The van der Waals surface area contributed by atoms with Gasteiger partial charge < -0.3 is 4.90 Å². The molecule has 17 heavy (non-hydrogen) atoms. The first-order valence-electron chi connectivity index (χ1n) is 5.80. The lowest BCUT2D eigenvalue weighted by Crippen LogP contribution is -2.71. The van der Waals surface area contributed by atoms with Gasteiger partial charge in [0.2, 0.25) is 5.91 Å². The zero-order valence-electron chi connectivity index (χ0n) is 10.6. The van der Waals surface area contributed by atoms with Crippen molar-refractivity contribution in [2.24, 2.45) is 16.2 Å². The van der Waals surface area contributed by atoms with Crippen LogP contribution in [0.15, 0.2) is 0 Å². The first-order valence-corrected chi connectivity index (χ1v) is 8.55. The summed E-state index contributed by atoms with van der Waals surface area (Å²) < 4.78 is 0.243. The molecule has 3 saturated carbocycles. The second-order valence-corrected chi connectivity index (χ2v) is 9.98. The first-order chi connectivity index (χ1) is 7.66. The van der Waals surface area contributed by atoms with E-state index in [1.165, 1.54) is 0 Å². The van der Waals surface area contributed by atoms with Crippen molar-refractivity contribution in [2.75, 3.05) is 14.1 Å². The average molecular weight is 432 g/mol. The smallest absolute Gasteiger partial charge is 0.229 e. The van der Waals surface area contributed by atoms with Gasteiger partial charge in [-0.15, -0.1) is 0 Å². The molecule has 3 aliphatic carbocycles. The van der Waals surface area contributed by atoms with Gasteiger partial charge >= 0.3 is 0 Å². The molecule has 0 spiro atoms. The highest BCUT2D eigenvalue weighted by Crippen LogP contribution is 2.82. The van der Waals surface area contributed by atoms with Gasteiger partial charge in [-0.3, -0.25) is 4.79 Å². The second-order valence-electron chi connectivity index (χ2n) is 6.00. The predicted octanol–water partition coefficient (Wildman–Crippen LogP) is 3.76. The summed E-state index contributed by atoms with van der Waals surface area (Å²) in [5.74, 6) is 0.262. The Hall–Kier alpha value is 0.910. The average Bonchev–Trinajstić information content (AvgIpc) is 2.66. The van der Waals surface area contributed by atoms with Crippen molar-refractivity contribution < 1.29 is 4.79 Å². The normalized spacial score (nSPS) is 42.5. The third kappa shape index (κ3) is 1.29. The summed E-state index contributed by atoms with van der Waals surface area (Å²) in [4.78, 5) is 14.5. The van der Waals surface area contributed by atoms with Crippen LogP contribution in [0.2, 0.25) is 0 Å². The van der Waals surface area contributed by atoms with Crippen LogP contribution in [0, 0.1) is 16.2 Å². The highest BCUT2D eigenvalue weighted by atomic mass is 79.9. The largest absolute Gasteiger partial charge is 0.348 e. The number of hydrogen-bond acceptors (Lipinski definition) is 1. The molecule has 3 rings (SSSR count). The molecule has 0 aromatic carbocycles. The van der Waals surface area contributed by atoms with E-state index in [0.29, 0.717) is 0 Å². The van der Waals surface area contributed by atoms with Crippen LogP contribution >= 0.6 is 47.8 Å². The highest BCUT2D eigenvalue weighted by molar-refractivity contribution is 9.24. The molecule has 0 aromatic rings. The van der Waals surface area contributed by atoms with Gasteiger partial charge in [-0.25, -0.2) is 0 Å². The molecule has 3 aliphatic rings. The molecule has 0 unspecified atom stereocenters. The lowest BCUT2D eigenvalue weighted by Gasteiger charge is -2.66. The molecule has 3 fully saturated rings. The Morgan fingerprint density at radius 1 is 1.29 bits per heavy atom. The van der Waals surface area contributed by atoms with E-state index in [2.05, 4.69) is 61.6 Å². The number of carbonyl (C=O) groups excluding carboxylic acids is 1. The van der Waals surface area contributed by atoms with Gasteiger partial charge in [0.25, 0.3) is 0 Å². The maximum absolute atomic E-state index is 12.6. The van der Waals surface area contributed by atoms with Gasteiger partial charge in [-0.05, 0) is 18.3 Å². The highest BCUT2D eigenvalue weighted by Gasteiger charge is 2.83. The number of carbonyl (C=O) groups is 1. The minimum atomic E-state index is -0.240. The van der Waals surface area contributed by atoms with E-state index in [-0.39, 0.29) is 30.7 Å². The zero-order chi connectivity index (χ0) is 13.2. The van der Waals surface area contributed by atoms with E-state index >= 15 is 0 Å². The molecule has 0 saturated heterocycles. The number of fused-ring (bicyclic) bond motifs is 1. The Bertz CT molecular complexity index is 369. The van der Waals surface area contributed by atoms with E-state index in [4.69, 9.17) is 0 Å². The summed E-state index contributed by atoms with van der Waals surface area (Å²) in [5.41, 5.74) is -0.109. The summed E-state index contributed by atoms with van der Waals surface area (Å²) in [5, 5.41) is 0. The maximum atomic E-state index is 12.6. The van der Waals surface area contributed by atoms with Crippen LogP contribution in [0.1, 0.15) is 26.7 Å². The Morgan fingerprint density at radius 3 is 2.12 bits per heavy atom. The lowest BCUT2D eigenvalue weighted by molar-refractivity contribution is -0.170. The van der Waals surface area contributed by atoms with Gasteiger partial charge in [0.1, 0.15) is 0 Å². The third-order valence-electron chi connectivity index (χ3n) is 5.27. The number of halogens is 3. The van der Waals surface area contributed by atoms with Gasteiger partial charge in [0.15, 0.2) is 0 Å². The van der Waals surface area contributed by atoms with Crippen molar-refractivity contribution in [2.45, 2.75) is 35.3 Å². The topological polar surface area (TPSA) is 20.3 Å². The van der Waals surface area contributed by atoms with Crippen LogP contribution in [0.25, 0.3) is 0 Å². The summed E-state index contributed by atoms with van der Waals surface area (Å²) in [7, 11) is 3.70. The fourth-order valence-corrected chi connectivity index (χ4v) is 8.97. The van der Waals surface area contributed by atoms with Gasteiger partial charge in [0, 0.05) is 24.3 Å². The maximum Gasteiger partial charge on any atom is 0.229 e. The Balaban J connectivity index is 2.46. The van der Waals surface area contributed by atoms with E-state index in [1.54, 1.807) is 4.90 Å². The Labute approximate surface area is 128 Å². The minimum absolute atomic E-state index is 0.00713. The molecule has 98 valence electrons. The number of hydrogen-bond donors (Lipinski definition) is 0. The van der Waals surface area contributed by atoms with E-state index in [0.717, 1.165) is 12.8 Å². The molecular formula is C12H18Br3NO. The van der Waals surface area contributed by atoms with Crippen molar-refractivity contribution >= 4 is 53.7 Å². The van der Waals surface area contributed by atoms with Gasteiger partial charge in [0.05, 0.1) is 9.15 Å². The van der Waals surface area contributed by atoms with Crippen molar-refractivity contribution in [1.29, 1.82) is 0 Å². The van der Waals surface area contributed by atoms with Crippen molar-refractivity contribution in [3.05, 3.63) is 0 Å². The quantitative estimate of drug-likeness (QED) is 0.609. The minimum Gasteiger partial charge on any atom is -0.348 e. The van der Waals surface area contributed by atoms with Gasteiger partial charge in [-0.2, -0.15) is 0 Å². The zero-order valence-corrected chi connectivity index (χ0v) is 15.3. The number of amides is 1. The molecule has 5 heteroatoms. The fraction of sp³-hybridized carbons (Fsp3) is 0.917. The van der Waals surface area contributed by atoms with Crippen LogP contribution in [0.4, 0.5) is 0 Å². The van der Waals surface area contributed by atoms with E-state index in [9.17, 15) is 4.79 Å². The standard InChI is InChI=1S/C12H18Br3NO/c1-10(2)11(8(14)15)5-6-12(10,7(11)13)9(17)16(3)4/h7-8H,5-6H2,1-4H3/t7-,11-,12-/m1/s1. The monoisotopic (exact) mass is 429 g/mol. The van der Waals surface area contributed by atoms with Crippen molar-refractivity contribution in [3.8, 4) is 0 Å². The fourth-order valence-electron chi connectivity index (χ4n) is 4.07. The molecular weight excluding hydrogens is 414 g/mol. The number of rotatable bonds is 2. The number of alkyl halides is 3. The summed E-state index contributed by atoms with van der Waals surface area (Å²) >= 11 is 11.2. The SMILES string of the molecule is CN(C)C(=O)[C@@]12CC[C@](C(Br)Br)([C@H]1Br)C2(C)C. The lowest BCUT2D eigenvalue weighted by atomic mass is 9.43. The summed E-state index contributed by atoms with van der Waals surface area (Å²) in [6, 6.07) is 0. The summed E-state index contributed by atoms with van der Waals surface area (Å²) in [6.45, 7) is 4.46. The molecule has 0 heterocycles. The molecule has 0 N–H and O–H groups in total. The molecule has 2 nitrogen and oxygen atoms in total. The van der Waals surface area contributed by atoms with E-state index in [1.807, 2.05) is 14.1 Å². The third-order valence-corrected chi connectivity index (χ3v) is 8.51. The summed E-state index contributed by atoms with van der Waals surface area (Å²) in [6.07, 6.45) is 2.05. The molecule has 0 aromatic heterocycles. The van der Waals surface area contributed by atoms with Crippen LogP contribution in [-0.2, 0) is 4.79 Å². The molecule has 2 bridgehead atoms. The molecule has 3 atom stereocenters. The van der Waals surface area contributed by atoms with Crippen LogP contribution in [0.5, 0.6) is 0 Å². The van der Waals surface area contributed by atoms with Crippen LogP contribution < -0.4 is 0 Å².